The van der Waals surface area contributed by atoms with Crippen molar-refractivity contribution in [3.8, 4) is 5.69 Å². The lowest BCUT2D eigenvalue weighted by atomic mass is 10.2. The Kier molecular flexibility index (Phi) is 5.47. The molecule has 0 atom stereocenters. The number of carbonyl (C=O) groups is 1. The number of nitrogens with zero attached hydrogens (tertiary/aromatic N) is 3. The summed E-state index contributed by atoms with van der Waals surface area (Å²) in [6.07, 6.45) is -3.00. The molecule has 7 nitrogen and oxygen atoms in total. The summed E-state index contributed by atoms with van der Waals surface area (Å²) in [5.41, 5.74) is -1.47. The van der Waals surface area contributed by atoms with Crippen molar-refractivity contribution in [2.45, 2.75) is 11.1 Å². The summed E-state index contributed by atoms with van der Waals surface area (Å²) in [6.45, 7) is 0. The predicted octanol–water partition coefficient (Wildman–Crippen LogP) is 4.81. The van der Waals surface area contributed by atoms with Gasteiger partial charge in [0.1, 0.15) is 0 Å². The first kappa shape index (κ1) is 22.2. The average Bonchev–Trinajstić information content (AvgIpc) is 3.30. The Morgan fingerprint density at radius 3 is 2.47 bits per heavy atom. The Balaban J connectivity index is 1.70. The maximum atomic E-state index is 13.8. The summed E-state index contributed by atoms with van der Waals surface area (Å²) in [6, 6.07) is 9.71. The van der Waals surface area contributed by atoms with E-state index in [-0.39, 0.29) is 15.7 Å². The van der Waals surface area contributed by atoms with Crippen molar-refractivity contribution in [1.29, 1.82) is 0 Å². The second-order valence-corrected chi connectivity index (χ2v) is 10.2. The van der Waals surface area contributed by atoms with E-state index in [0.29, 0.717) is 19.9 Å². The summed E-state index contributed by atoms with van der Waals surface area (Å²) < 4.78 is 65.9. The van der Waals surface area contributed by atoms with E-state index >= 15 is 0 Å². The predicted molar refractivity (Wildman–Crippen MR) is 114 cm³/mol. The number of benzene rings is 2. The molecular formula is C19H12ClF3N4O3S2. The highest BCUT2D eigenvalue weighted by Gasteiger charge is 2.40. The Morgan fingerprint density at radius 2 is 1.84 bits per heavy atom. The largest absolute Gasteiger partial charge is 0.434 e. The standard InChI is InChI=1S/C19H12ClF3N4O3S2/c1-32(29,30)12-6-7-14-15(8-12)31-18(25-14)26-17(28)13-9-24-27(16(13)19(21,22)23)11-4-2-10(20)3-5-11/h2-9H,1H3,(H,25,26,28). The van der Waals surface area contributed by atoms with Gasteiger partial charge in [0, 0.05) is 11.3 Å². The molecule has 0 fully saturated rings. The number of hydrogen-bond donors (Lipinski definition) is 1. The van der Waals surface area contributed by atoms with Crippen LogP contribution in [0.15, 0.2) is 53.6 Å². The Bertz CT molecular complexity index is 1450. The minimum atomic E-state index is -4.87. The average molecular weight is 501 g/mol. The first-order valence-corrected chi connectivity index (χ1v) is 11.9. The molecule has 2 aromatic heterocycles. The van der Waals surface area contributed by atoms with E-state index in [2.05, 4.69) is 15.4 Å². The van der Waals surface area contributed by atoms with Crippen molar-refractivity contribution < 1.29 is 26.4 Å². The van der Waals surface area contributed by atoms with Crippen molar-refractivity contribution in [1.82, 2.24) is 14.8 Å². The molecule has 166 valence electrons. The highest BCUT2D eigenvalue weighted by atomic mass is 35.5. The van der Waals surface area contributed by atoms with Gasteiger partial charge in [-0.25, -0.2) is 18.1 Å². The van der Waals surface area contributed by atoms with E-state index in [9.17, 15) is 26.4 Å². The molecule has 0 aliphatic rings. The molecule has 0 bridgehead atoms. The molecule has 0 aliphatic heterocycles. The van der Waals surface area contributed by atoms with Crippen molar-refractivity contribution in [2.24, 2.45) is 0 Å². The molecule has 2 aromatic carbocycles. The lowest BCUT2D eigenvalue weighted by Crippen LogP contribution is -2.20. The molecule has 0 saturated carbocycles. The summed E-state index contributed by atoms with van der Waals surface area (Å²) in [4.78, 5) is 16.9. The van der Waals surface area contributed by atoms with Crippen LogP contribution in [0.4, 0.5) is 18.3 Å². The van der Waals surface area contributed by atoms with Crippen LogP contribution in [0.5, 0.6) is 0 Å². The van der Waals surface area contributed by atoms with Crippen LogP contribution in [-0.2, 0) is 16.0 Å². The molecule has 1 N–H and O–H groups in total. The molecule has 4 aromatic rings. The SMILES string of the molecule is CS(=O)(=O)c1ccc2nc(NC(=O)c3cnn(-c4ccc(Cl)cc4)c3C(F)(F)F)sc2c1. The van der Waals surface area contributed by atoms with Crippen LogP contribution < -0.4 is 5.32 Å². The van der Waals surface area contributed by atoms with Crippen LogP contribution in [-0.4, -0.2) is 35.3 Å². The highest BCUT2D eigenvalue weighted by molar-refractivity contribution is 7.90. The number of amides is 1. The number of sulfone groups is 1. The van der Waals surface area contributed by atoms with Crippen LogP contribution >= 0.6 is 22.9 Å². The zero-order valence-corrected chi connectivity index (χ0v) is 18.4. The van der Waals surface area contributed by atoms with Gasteiger partial charge in [-0.1, -0.05) is 22.9 Å². The van der Waals surface area contributed by atoms with Crippen molar-refractivity contribution in [2.75, 3.05) is 11.6 Å². The van der Waals surface area contributed by atoms with Gasteiger partial charge in [0.25, 0.3) is 5.91 Å². The van der Waals surface area contributed by atoms with Gasteiger partial charge in [-0.2, -0.15) is 18.3 Å². The van der Waals surface area contributed by atoms with Gasteiger partial charge in [0.05, 0.1) is 32.6 Å². The van der Waals surface area contributed by atoms with Crippen LogP contribution in [0.25, 0.3) is 15.9 Å². The zero-order valence-electron chi connectivity index (χ0n) is 16.0. The topological polar surface area (TPSA) is 93.9 Å². The number of alkyl halides is 3. The number of halogens is 4. The number of carbonyl (C=O) groups excluding carboxylic acids is 1. The second kappa shape index (κ2) is 7.87. The molecule has 4 rings (SSSR count). The molecule has 0 unspecified atom stereocenters. The Morgan fingerprint density at radius 1 is 1.16 bits per heavy atom. The lowest BCUT2D eigenvalue weighted by molar-refractivity contribution is -0.143. The molecule has 1 amide bonds. The second-order valence-electron chi connectivity index (χ2n) is 6.67. The van der Waals surface area contributed by atoms with Gasteiger partial charge in [-0.15, -0.1) is 0 Å². The number of aromatic nitrogens is 3. The third-order valence-electron chi connectivity index (χ3n) is 4.36. The Hall–Kier alpha value is -2.96. The first-order chi connectivity index (χ1) is 14.9. The summed E-state index contributed by atoms with van der Waals surface area (Å²) >= 11 is 6.73. The van der Waals surface area contributed by atoms with Crippen LogP contribution in [0, 0.1) is 0 Å². The van der Waals surface area contributed by atoms with Gasteiger partial charge in [0.15, 0.2) is 20.7 Å². The lowest BCUT2D eigenvalue weighted by Gasteiger charge is -2.12. The highest BCUT2D eigenvalue weighted by Crippen LogP contribution is 2.35. The minimum Gasteiger partial charge on any atom is -0.298 e. The van der Waals surface area contributed by atoms with Crippen molar-refractivity contribution in [3.63, 3.8) is 0 Å². The molecule has 0 saturated heterocycles. The third kappa shape index (κ3) is 4.33. The fourth-order valence-electron chi connectivity index (χ4n) is 2.92. The number of fused-ring (bicyclic) bond motifs is 1. The van der Waals surface area contributed by atoms with Crippen molar-refractivity contribution in [3.05, 3.63) is 64.9 Å². The summed E-state index contributed by atoms with van der Waals surface area (Å²) in [5, 5.41) is 6.42. The molecule has 0 spiro atoms. The fourth-order valence-corrected chi connectivity index (χ4v) is 4.67. The van der Waals surface area contributed by atoms with E-state index in [1.165, 1.54) is 42.5 Å². The van der Waals surface area contributed by atoms with Crippen LogP contribution in [0.1, 0.15) is 16.1 Å². The van der Waals surface area contributed by atoms with Crippen molar-refractivity contribution >= 4 is 54.0 Å². The van der Waals surface area contributed by atoms with Gasteiger partial charge in [-0.05, 0) is 42.5 Å². The maximum absolute atomic E-state index is 13.8. The number of rotatable bonds is 4. The van der Waals surface area contributed by atoms with Crippen LogP contribution in [0.3, 0.4) is 0 Å². The summed E-state index contributed by atoms with van der Waals surface area (Å²) in [5.74, 6) is -1.06. The van der Waals surface area contributed by atoms with E-state index < -0.39 is 33.2 Å². The van der Waals surface area contributed by atoms with E-state index in [4.69, 9.17) is 11.6 Å². The van der Waals surface area contributed by atoms with E-state index in [1.807, 2.05) is 0 Å². The van der Waals surface area contributed by atoms with Gasteiger partial charge in [0.2, 0.25) is 0 Å². The molecular weight excluding hydrogens is 489 g/mol. The number of hydrogen-bond acceptors (Lipinski definition) is 6. The quantitative estimate of drug-likeness (QED) is 0.434. The summed E-state index contributed by atoms with van der Waals surface area (Å²) in [7, 11) is -3.45. The molecule has 32 heavy (non-hydrogen) atoms. The van der Waals surface area contributed by atoms with E-state index in [1.54, 1.807) is 0 Å². The molecule has 13 heteroatoms. The molecule has 0 radical (unpaired) electrons. The smallest absolute Gasteiger partial charge is 0.298 e. The fraction of sp³-hybridized carbons (Fsp3) is 0.105. The maximum Gasteiger partial charge on any atom is 0.434 e. The molecule has 0 aliphatic carbocycles. The third-order valence-corrected chi connectivity index (χ3v) is 6.66. The zero-order chi connectivity index (χ0) is 23.3. The van der Waals surface area contributed by atoms with Gasteiger partial charge < -0.3 is 0 Å². The first-order valence-electron chi connectivity index (χ1n) is 8.76. The number of thiazole rings is 1. The van der Waals surface area contributed by atoms with Gasteiger partial charge in [-0.3, -0.25) is 10.1 Å². The van der Waals surface area contributed by atoms with Gasteiger partial charge >= 0.3 is 6.18 Å². The number of anilines is 1. The minimum absolute atomic E-state index is 0.0167. The monoisotopic (exact) mass is 500 g/mol. The molecule has 2 heterocycles. The van der Waals surface area contributed by atoms with Crippen LogP contribution in [0.2, 0.25) is 5.02 Å². The van der Waals surface area contributed by atoms with E-state index in [0.717, 1.165) is 23.8 Å². The number of nitrogens with one attached hydrogen (secondary N) is 1. The normalized spacial score (nSPS) is 12.3. The Labute approximate surface area is 188 Å².